The number of nitrogens with zero attached hydrogens (tertiary/aromatic N) is 6. The highest BCUT2D eigenvalue weighted by Crippen LogP contribution is 2.24. The smallest absolute Gasteiger partial charge is 0.303 e. The number of halogens is 2. The van der Waals surface area contributed by atoms with E-state index in [4.69, 9.17) is 38.5 Å². The van der Waals surface area contributed by atoms with E-state index in [0.29, 0.717) is 59.6 Å². The first-order chi connectivity index (χ1) is 30.0. The molecule has 0 amide bonds. The van der Waals surface area contributed by atoms with Crippen molar-refractivity contribution in [3.8, 4) is 0 Å². The molecule has 2 aromatic heterocycles. The van der Waals surface area contributed by atoms with Gasteiger partial charge in [0.15, 0.2) is 0 Å². The van der Waals surface area contributed by atoms with Crippen molar-refractivity contribution >= 4 is 56.5 Å². The maximum atomic E-state index is 13.2. The Hall–Kier alpha value is -5.20. The molecule has 2 aliphatic heterocycles. The molecule has 13 heteroatoms. The van der Waals surface area contributed by atoms with Crippen LogP contribution < -0.4 is 11.1 Å². The molecule has 4 heterocycles. The first-order valence-corrected chi connectivity index (χ1v) is 22.4. The summed E-state index contributed by atoms with van der Waals surface area (Å²) in [4.78, 5) is 53.2. The van der Waals surface area contributed by atoms with Crippen LogP contribution in [-0.2, 0) is 35.5 Å². The maximum absolute atomic E-state index is 13.2. The SMILES string of the molecule is CC(=O)CCCN1CCC[C@@H]1Cn1nc(Cc2ccc(Cl)cc2)c2ccccc2c1=O.O=C(O)CCCN1CCC[C@@H]1Cn1nc(Cc2ccc(Cl)cc2)c2ccccc2c1=O. The topological polar surface area (TPSA) is 131 Å². The van der Waals surface area contributed by atoms with Crippen molar-refractivity contribution in [2.45, 2.75) is 96.3 Å². The molecule has 1 N–H and O–H groups in total. The highest BCUT2D eigenvalue weighted by atomic mass is 35.5. The van der Waals surface area contributed by atoms with Crippen LogP contribution in [0.25, 0.3) is 21.5 Å². The van der Waals surface area contributed by atoms with Crippen molar-refractivity contribution in [1.82, 2.24) is 29.4 Å². The molecule has 2 fully saturated rings. The molecule has 11 nitrogen and oxygen atoms in total. The molecule has 0 unspecified atom stereocenters. The highest BCUT2D eigenvalue weighted by molar-refractivity contribution is 6.30. The first kappa shape index (κ1) is 44.8. The molecule has 0 spiro atoms. The summed E-state index contributed by atoms with van der Waals surface area (Å²) in [5, 5.41) is 23.1. The van der Waals surface area contributed by atoms with Crippen molar-refractivity contribution in [2.24, 2.45) is 0 Å². The molecule has 324 valence electrons. The van der Waals surface area contributed by atoms with Crippen molar-refractivity contribution in [3.63, 3.8) is 0 Å². The lowest BCUT2D eigenvalue weighted by molar-refractivity contribution is -0.137. The summed E-state index contributed by atoms with van der Waals surface area (Å²) in [7, 11) is 0. The van der Waals surface area contributed by atoms with Gasteiger partial charge in [-0.1, -0.05) is 83.9 Å². The number of ketones is 1. The van der Waals surface area contributed by atoms with E-state index >= 15 is 0 Å². The largest absolute Gasteiger partial charge is 0.481 e. The number of hydrogen-bond acceptors (Lipinski definition) is 8. The van der Waals surface area contributed by atoms with Gasteiger partial charge in [-0.05, 0) is 119 Å². The Kier molecular flexibility index (Phi) is 15.4. The monoisotopic (exact) mass is 876 g/mol. The number of fused-ring (bicyclic) bond motifs is 2. The minimum Gasteiger partial charge on any atom is -0.481 e. The summed E-state index contributed by atoms with van der Waals surface area (Å²) >= 11 is 12.1. The molecule has 2 atom stereocenters. The zero-order chi connectivity index (χ0) is 43.6. The van der Waals surface area contributed by atoms with E-state index in [1.165, 1.54) is 0 Å². The van der Waals surface area contributed by atoms with Crippen LogP contribution in [0.1, 0.15) is 80.8 Å². The van der Waals surface area contributed by atoms with Gasteiger partial charge >= 0.3 is 5.97 Å². The average Bonchev–Trinajstić information content (AvgIpc) is 3.91. The molecule has 62 heavy (non-hydrogen) atoms. The van der Waals surface area contributed by atoms with Crippen molar-refractivity contribution in [2.75, 3.05) is 26.2 Å². The molecule has 0 aliphatic carbocycles. The molecule has 2 saturated heterocycles. The Morgan fingerprint density at radius 3 is 1.42 bits per heavy atom. The predicted molar refractivity (Wildman–Crippen MR) is 246 cm³/mol. The number of aromatic nitrogens is 4. The molecular formula is C49H54Cl2N6O5. The fraction of sp³-hybridized carbons (Fsp3) is 0.388. The van der Waals surface area contributed by atoms with Crippen LogP contribution in [0.4, 0.5) is 0 Å². The van der Waals surface area contributed by atoms with Gasteiger partial charge in [0, 0.05) is 58.6 Å². The van der Waals surface area contributed by atoms with Crippen molar-refractivity contribution < 1.29 is 14.7 Å². The molecular weight excluding hydrogens is 823 g/mol. The highest BCUT2D eigenvalue weighted by Gasteiger charge is 2.27. The van der Waals surface area contributed by atoms with Crippen molar-refractivity contribution in [1.29, 1.82) is 0 Å². The normalized spacial score (nSPS) is 16.8. The summed E-state index contributed by atoms with van der Waals surface area (Å²) in [6.07, 6.45) is 7.74. The van der Waals surface area contributed by atoms with E-state index in [-0.39, 0.29) is 35.4 Å². The number of carbonyl (C=O) groups is 2. The third-order valence-electron chi connectivity index (χ3n) is 12.0. The lowest BCUT2D eigenvalue weighted by atomic mass is 10.0. The second-order valence-corrected chi connectivity index (χ2v) is 17.4. The lowest BCUT2D eigenvalue weighted by Gasteiger charge is -2.25. The van der Waals surface area contributed by atoms with Gasteiger partial charge in [-0.15, -0.1) is 0 Å². The Morgan fingerprint density at radius 1 is 0.613 bits per heavy atom. The quantitative estimate of drug-likeness (QED) is 0.102. The number of rotatable bonds is 16. The number of Topliss-reactive ketones (excluding diaryl/α,β-unsaturated/α-hetero) is 1. The summed E-state index contributed by atoms with van der Waals surface area (Å²) in [6.45, 7) is 6.32. The summed E-state index contributed by atoms with van der Waals surface area (Å²) in [5.41, 5.74) is 3.85. The number of carbonyl (C=O) groups excluding carboxylic acids is 1. The van der Waals surface area contributed by atoms with Crippen LogP contribution in [0.2, 0.25) is 10.0 Å². The van der Waals surface area contributed by atoms with Crippen LogP contribution in [-0.4, -0.2) is 84.5 Å². The Balaban J connectivity index is 0.000000186. The van der Waals surface area contributed by atoms with Crippen LogP contribution >= 0.6 is 23.2 Å². The van der Waals surface area contributed by atoms with Crippen LogP contribution in [0.3, 0.4) is 0 Å². The Labute approximate surface area is 371 Å². The minimum atomic E-state index is -0.769. The van der Waals surface area contributed by atoms with Gasteiger partial charge in [0.1, 0.15) is 5.78 Å². The van der Waals surface area contributed by atoms with Gasteiger partial charge in [-0.2, -0.15) is 10.2 Å². The predicted octanol–water partition coefficient (Wildman–Crippen LogP) is 8.44. The van der Waals surface area contributed by atoms with Gasteiger partial charge in [-0.3, -0.25) is 24.2 Å². The van der Waals surface area contributed by atoms with Crippen LogP contribution in [0, 0.1) is 0 Å². The van der Waals surface area contributed by atoms with Gasteiger partial charge in [-0.25, -0.2) is 9.36 Å². The number of carboxylic acids is 1. The molecule has 2 aliphatic rings. The minimum absolute atomic E-state index is 0.0361. The van der Waals surface area contributed by atoms with Crippen LogP contribution in [0.5, 0.6) is 0 Å². The Morgan fingerprint density at radius 2 is 1.02 bits per heavy atom. The van der Waals surface area contributed by atoms with E-state index in [0.717, 1.165) is 91.6 Å². The van der Waals surface area contributed by atoms with E-state index in [9.17, 15) is 19.2 Å². The number of aliphatic carboxylic acids is 1. The Bertz CT molecular complexity index is 2430. The average molecular weight is 878 g/mol. The fourth-order valence-electron chi connectivity index (χ4n) is 8.87. The molecule has 8 rings (SSSR count). The summed E-state index contributed by atoms with van der Waals surface area (Å²) < 4.78 is 3.26. The van der Waals surface area contributed by atoms with Crippen LogP contribution in [0.15, 0.2) is 107 Å². The van der Waals surface area contributed by atoms with E-state index < -0.39 is 5.97 Å². The summed E-state index contributed by atoms with van der Waals surface area (Å²) in [5.74, 6) is -0.537. The zero-order valence-corrected chi connectivity index (χ0v) is 36.7. The molecule has 6 aromatic rings. The lowest BCUT2D eigenvalue weighted by Crippen LogP contribution is -2.38. The fourth-order valence-corrected chi connectivity index (χ4v) is 9.12. The second-order valence-electron chi connectivity index (χ2n) is 16.5. The second kappa shape index (κ2) is 21.3. The molecule has 0 bridgehead atoms. The van der Waals surface area contributed by atoms with Crippen molar-refractivity contribution in [3.05, 3.63) is 150 Å². The molecule has 0 radical (unpaired) electrons. The van der Waals surface area contributed by atoms with E-state index in [1.54, 1.807) is 16.3 Å². The van der Waals surface area contributed by atoms with E-state index in [2.05, 4.69) is 9.80 Å². The number of benzene rings is 4. The summed E-state index contributed by atoms with van der Waals surface area (Å²) in [6, 6.07) is 31.3. The van der Waals surface area contributed by atoms with Gasteiger partial charge in [0.25, 0.3) is 11.1 Å². The standard InChI is InChI=1S/C25H28ClN3O2.C24H26ClN3O3/c1-18(30)6-4-14-28-15-5-7-21(28)17-29-25(31)23-9-3-2-8-22(23)24(27-29)16-19-10-12-20(26)13-11-19;25-18-11-9-17(10-12-18)15-22-20-6-1-2-7-21(20)24(31)28(26-22)16-19-5-3-13-27(19)14-4-8-23(29)30/h2-3,8-13,21H,4-7,14-17H2,1H3;1-2,6-7,9-12,19H,3-5,8,13-16H2,(H,29,30)/t21-;19-/m11/s1. The molecule has 0 saturated carbocycles. The van der Waals surface area contributed by atoms with Gasteiger partial charge in [0.05, 0.1) is 35.2 Å². The molecule has 4 aromatic carbocycles. The third-order valence-corrected chi connectivity index (χ3v) is 12.5. The zero-order valence-electron chi connectivity index (χ0n) is 35.2. The van der Waals surface area contributed by atoms with Gasteiger partial charge < -0.3 is 9.90 Å². The number of likely N-dealkylation sites (tertiary alicyclic amines) is 2. The third kappa shape index (κ3) is 11.6. The maximum Gasteiger partial charge on any atom is 0.303 e. The van der Waals surface area contributed by atoms with E-state index in [1.807, 2.05) is 97.1 Å². The van der Waals surface area contributed by atoms with Gasteiger partial charge in [0.2, 0.25) is 0 Å². The number of hydrogen-bond donors (Lipinski definition) is 1. The first-order valence-electron chi connectivity index (χ1n) is 21.7. The number of carboxylic acid groups (broad SMARTS) is 1.